The van der Waals surface area contributed by atoms with Crippen molar-refractivity contribution < 1.29 is 13.2 Å². The maximum absolute atomic E-state index is 11.4. The van der Waals surface area contributed by atoms with Crippen molar-refractivity contribution in [1.82, 2.24) is 10.2 Å². The molecule has 0 bridgehead atoms. The minimum atomic E-state index is -3.66. The van der Waals surface area contributed by atoms with Crippen molar-refractivity contribution in [2.45, 2.75) is 31.3 Å². The van der Waals surface area contributed by atoms with Crippen LogP contribution in [0.4, 0.5) is 0 Å². The SMILES string of the molecule is CCNC(=NCCc1ccc(S(N)(=O)=O)cc1)N1CCOC(c2ccccc2C)C1.I. The van der Waals surface area contributed by atoms with E-state index in [0.717, 1.165) is 31.2 Å². The minimum absolute atomic E-state index is 0. The predicted octanol–water partition coefficient (Wildman–Crippen LogP) is 2.84. The summed E-state index contributed by atoms with van der Waals surface area (Å²) in [6.07, 6.45) is 0.736. The fourth-order valence-electron chi connectivity index (χ4n) is 3.54. The molecule has 0 amide bonds. The fourth-order valence-corrected chi connectivity index (χ4v) is 4.06. The summed E-state index contributed by atoms with van der Waals surface area (Å²) in [5.74, 6) is 0.876. The predicted molar refractivity (Wildman–Crippen MR) is 134 cm³/mol. The van der Waals surface area contributed by atoms with Crippen molar-refractivity contribution in [1.29, 1.82) is 0 Å². The standard InChI is InChI=1S/C22H30N4O3S.HI/c1-3-24-22(25-13-12-18-8-10-19(11-9-18)30(23,27)28)26-14-15-29-21(16-26)20-7-5-4-6-17(20)2;/h4-11,21H,3,12-16H2,1-2H3,(H,24,25)(H2,23,27,28);1H. The van der Waals surface area contributed by atoms with E-state index in [2.05, 4.69) is 36.2 Å². The summed E-state index contributed by atoms with van der Waals surface area (Å²) in [6, 6.07) is 15.0. The number of aliphatic imine (C=N–C) groups is 1. The molecule has 9 heteroatoms. The van der Waals surface area contributed by atoms with Gasteiger partial charge in [0.25, 0.3) is 0 Å². The van der Waals surface area contributed by atoms with E-state index in [1.165, 1.54) is 23.3 Å². The van der Waals surface area contributed by atoms with Crippen molar-refractivity contribution in [2.75, 3.05) is 32.8 Å². The minimum Gasteiger partial charge on any atom is -0.370 e. The van der Waals surface area contributed by atoms with Crippen LogP contribution in [-0.4, -0.2) is 52.1 Å². The van der Waals surface area contributed by atoms with Gasteiger partial charge in [0.15, 0.2) is 5.96 Å². The number of hydrogen-bond acceptors (Lipinski definition) is 4. The van der Waals surface area contributed by atoms with Crippen LogP contribution in [0.2, 0.25) is 0 Å². The molecule has 1 aliphatic rings. The summed E-state index contributed by atoms with van der Waals surface area (Å²) < 4.78 is 28.8. The molecular weight excluding hydrogens is 527 g/mol. The summed E-state index contributed by atoms with van der Waals surface area (Å²) >= 11 is 0. The van der Waals surface area contributed by atoms with Crippen molar-refractivity contribution in [2.24, 2.45) is 10.1 Å². The number of nitrogens with one attached hydrogen (secondary N) is 1. The number of halogens is 1. The molecule has 1 unspecified atom stereocenters. The Kier molecular flexibility index (Phi) is 9.73. The number of sulfonamides is 1. The van der Waals surface area contributed by atoms with Gasteiger partial charge >= 0.3 is 0 Å². The number of nitrogens with two attached hydrogens (primary N) is 1. The highest BCUT2D eigenvalue weighted by Gasteiger charge is 2.25. The molecule has 2 aromatic carbocycles. The Balaban J connectivity index is 0.00000341. The van der Waals surface area contributed by atoms with Gasteiger partial charge in [0.2, 0.25) is 10.0 Å². The Morgan fingerprint density at radius 1 is 1.23 bits per heavy atom. The number of morpholine rings is 1. The molecule has 31 heavy (non-hydrogen) atoms. The Hall–Kier alpha value is -1.69. The first-order valence-electron chi connectivity index (χ1n) is 10.2. The van der Waals surface area contributed by atoms with Gasteiger partial charge in [0, 0.05) is 19.6 Å². The average Bonchev–Trinajstić information content (AvgIpc) is 2.73. The van der Waals surface area contributed by atoms with E-state index in [1.807, 2.05) is 12.1 Å². The summed E-state index contributed by atoms with van der Waals surface area (Å²) in [5, 5.41) is 8.53. The fraction of sp³-hybridized carbons (Fsp3) is 0.409. The van der Waals surface area contributed by atoms with Gasteiger partial charge < -0.3 is 15.0 Å². The molecule has 170 valence electrons. The second kappa shape index (κ2) is 11.8. The van der Waals surface area contributed by atoms with Crippen LogP contribution in [0.3, 0.4) is 0 Å². The summed E-state index contributed by atoms with van der Waals surface area (Å²) in [6.45, 7) is 7.74. The molecule has 0 saturated carbocycles. The largest absolute Gasteiger partial charge is 0.370 e. The number of hydrogen-bond donors (Lipinski definition) is 2. The van der Waals surface area contributed by atoms with Gasteiger partial charge in [0.1, 0.15) is 6.10 Å². The first kappa shape index (κ1) is 25.6. The van der Waals surface area contributed by atoms with Crippen LogP contribution in [-0.2, 0) is 21.2 Å². The molecule has 7 nitrogen and oxygen atoms in total. The second-order valence-corrected chi connectivity index (χ2v) is 8.90. The molecule has 0 spiro atoms. The lowest BCUT2D eigenvalue weighted by molar-refractivity contribution is -0.00832. The first-order valence-corrected chi connectivity index (χ1v) is 11.7. The maximum atomic E-state index is 11.4. The summed E-state index contributed by atoms with van der Waals surface area (Å²) in [4.78, 5) is 7.16. The van der Waals surface area contributed by atoms with Crippen molar-refractivity contribution in [3.63, 3.8) is 0 Å². The number of aryl methyl sites for hydroxylation is 1. The Labute approximate surface area is 202 Å². The second-order valence-electron chi connectivity index (χ2n) is 7.34. The molecule has 3 N–H and O–H groups in total. The van der Waals surface area contributed by atoms with Crippen LogP contribution < -0.4 is 10.5 Å². The van der Waals surface area contributed by atoms with Crippen LogP contribution in [0.1, 0.15) is 29.7 Å². The van der Waals surface area contributed by atoms with E-state index >= 15 is 0 Å². The van der Waals surface area contributed by atoms with Crippen molar-refractivity contribution in [3.8, 4) is 0 Å². The molecule has 0 radical (unpaired) electrons. The highest BCUT2D eigenvalue weighted by molar-refractivity contribution is 14.0. The van der Waals surface area contributed by atoms with E-state index in [9.17, 15) is 8.42 Å². The van der Waals surface area contributed by atoms with E-state index in [1.54, 1.807) is 12.1 Å². The highest BCUT2D eigenvalue weighted by atomic mass is 127. The van der Waals surface area contributed by atoms with Crippen molar-refractivity contribution >= 4 is 40.0 Å². The third-order valence-corrected chi connectivity index (χ3v) is 6.08. The van der Waals surface area contributed by atoms with E-state index < -0.39 is 10.0 Å². The van der Waals surface area contributed by atoms with Gasteiger partial charge in [-0.05, 0) is 49.1 Å². The first-order chi connectivity index (χ1) is 14.4. The average molecular weight is 558 g/mol. The lowest BCUT2D eigenvalue weighted by Crippen LogP contribution is -2.48. The molecule has 1 aliphatic heterocycles. The number of primary sulfonamides is 1. The van der Waals surface area contributed by atoms with Crippen LogP contribution in [0.15, 0.2) is 58.4 Å². The van der Waals surface area contributed by atoms with Gasteiger partial charge in [-0.25, -0.2) is 13.6 Å². The molecule has 1 atom stereocenters. The summed E-state index contributed by atoms with van der Waals surface area (Å²) in [7, 11) is -3.66. The Morgan fingerprint density at radius 3 is 2.58 bits per heavy atom. The number of guanidine groups is 1. The van der Waals surface area contributed by atoms with E-state index in [-0.39, 0.29) is 35.0 Å². The molecule has 1 fully saturated rings. The normalized spacial score (nSPS) is 17.2. The molecule has 3 rings (SSSR count). The van der Waals surface area contributed by atoms with Gasteiger partial charge in [0.05, 0.1) is 18.0 Å². The third-order valence-electron chi connectivity index (χ3n) is 5.15. The zero-order chi connectivity index (χ0) is 21.6. The Bertz CT molecular complexity index is 981. The number of rotatable bonds is 6. The maximum Gasteiger partial charge on any atom is 0.238 e. The number of nitrogens with zero attached hydrogens (tertiary/aromatic N) is 2. The third kappa shape index (κ3) is 7.16. The number of benzene rings is 2. The molecule has 0 aromatic heterocycles. The van der Waals surface area contributed by atoms with Crippen LogP contribution in [0.5, 0.6) is 0 Å². The molecule has 1 saturated heterocycles. The van der Waals surface area contributed by atoms with E-state index in [4.69, 9.17) is 14.9 Å². The van der Waals surface area contributed by atoms with Gasteiger partial charge in [-0.2, -0.15) is 0 Å². The van der Waals surface area contributed by atoms with E-state index in [0.29, 0.717) is 19.6 Å². The lowest BCUT2D eigenvalue weighted by Gasteiger charge is -2.35. The van der Waals surface area contributed by atoms with Crippen LogP contribution >= 0.6 is 24.0 Å². The zero-order valence-electron chi connectivity index (χ0n) is 18.0. The number of ether oxygens (including phenoxy) is 1. The molecule has 2 aromatic rings. The Morgan fingerprint density at radius 2 is 1.94 bits per heavy atom. The van der Waals surface area contributed by atoms with Crippen LogP contribution in [0, 0.1) is 6.92 Å². The van der Waals surface area contributed by atoms with Gasteiger partial charge in [-0.3, -0.25) is 4.99 Å². The topological polar surface area (TPSA) is 97.0 Å². The monoisotopic (exact) mass is 558 g/mol. The molecule has 1 heterocycles. The zero-order valence-corrected chi connectivity index (χ0v) is 21.1. The highest BCUT2D eigenvalue weighted by Crippen LogP contribution is 2.25. The van der Waals surface area contributed by atoms with Gasteiger partial charge in [-0.15, -0.1) is 24.0 Å². The van der Waals surface area contributed by atoms with Crippen LogP contribution in [0.25, 0.3) is 0 Å². The molecular formula is C22H31IN4O3S. The quantitative estimate of drug-likeness (QED) is 0.323. The smallest absolute Gasteiger partial charge is 0.238 e. The van der Waals surface area contributed by atoms with Crippen molar-refractivity contribution in [3.05, 3.63) is 65.2 Å². The lowest BCUT2D eigenvalue weighted by atomic mass is 10.0. The van der Waals surface area contributed by atoms with Gasteiger partial charge in [-0.1, -0.05) is 36.4 Å². The molecule has 0 aliphatic carbocycles. The summed E-state index contributed by atoms with van der Waals surface area (Å²) in [5.41, 5.74) is 3.46.